The molecule has 0 saturated heterocycles. The Balaban J connectivity index is 4.51. The topological polar surface area (TPSA) is 121 Å². The number of unbranched alkanes of at least 4 members (excludes halogenated alkanes) is 3. The molecule has 0 radical (unpaired) electrons. The molecule has 0 fully saturated rings. The molecule has 0 spiro atoms. The summed E-state index contributed by atoms with van der Waals surface area (Å²) >= 11 is 1.26. The summed E-state index contributed by atoms with van der Waals surface area (Å²) in [5, 5.41) is 27.6. The molecule has 7 heteroatoms. The Kier molecular flexibility index (Phi) is 18.0. The minimum atomic E-state index is -1.09. The molecule has 0 aliphatic heterocycles. The van der Waals surface area contributed by atoms with Gasteiger partial charge in [0.1, 0.15) is 6.04 Å². The first-order chi connectivity index (χ1) is 14.4. The summed E-state index contributed by atoms with van der Waals surface area (Å²) in [4.78, 5) is 21.5. The fraction of sp³-hybridized carbons (Fsp3) is 0.565. The number of carboxylic acid groups (broad SMARTS) is 2. The van der Waals surface area contributed by atoms with E-state index in [1.165, 1.54) is 31.0 Å². The van der Waals surface area contributed by atoms with Crippen LogP contribution >= 0.6 is 11.8 Å². The smallest absolute Gasteiger partial charge is 0.321 e. The summed E-state index contributed by atoms with van der Waals surface area (Å²) in [6.45, 7) is 2.19. The lowest BCUT2D eigenvalue weighted by molar-refractivity contribution is -0.138. The van der Waals surface area contributed by atoms with Crippen LogP contribution in [0.2, 0.25) is 0 Å². The Bertz CT molecular complexity index is 586. The van der Waals surface area contributed by atoms with Gasteiger partial charge in [-0.15, -0.1) is 11.8 Å². The molecule has 3 atom stereocenters. The summed E-state index contributed by atoms with van der Waals surface area (Å²) in [6.07, 6.45) is 21.3. The van der Waals surface area contributed by atoms with Crippen LogP contribution in [0.5, 0.6) is 0 Å². The van der Waals surface area contributed by atoms with Crippen molar-refractivity contribution in [3.8, 4) is 0 Å². The van der Waals surface area contributed by atoms with E-state index < -0.39 is 24.1 Å². The molecule has 0 aliphatic carbocycles. The largest absolute Gasteiger partial charge is 0.481 e. The SMILES string of the molecule is CCCCC/C=C\C\C=C/C=C/C=C/[C@@H](SCC(N)C(=O)O)[C@@H](O)CCCC(=O)O. The number of allylic oxidation sites excluding steroid dienone is 7. The summed E-state index contributed by atoms with van der Waals surface area (Å²) in [6, 6.07) is -1.01. The van der Waals surface area contributed by atoms with Crippen LogP contribution in [0.15, 0.2) is 48.6 Å². The van der Waals surface area contributed by atoms with Crippen LogP contribution in [0.4, 0.5) is 0 Å². The van der Waals surface area contributed by atoms with Crippen molar-refractivity contribution in [1.29, 1.82) is 0 Å². The molecule has 0 aromatic carbocycles. The number of nitrogens with two attached hydrogens (primary N) is 1. The van der Waals surface area contributed by atoms with Gasteiger partial charge in [0.15, 0.2) is 0 Å². The molecule has 0 amide bonds. The van der Waals surface area contributed by atoms with E-state index in [1.807, 2.05) is 18.2 Å². The van der Waals surface area contributed by atoms with Gasteiger partial charge in [-0.2, -0.15) is 0 Å². The first-order valence-corrected chi connectivity index (χ1v) is 11.6. The molecule has 0 bridgehead atoms. The summed E-state index contributed by atoms with van der Waals surface area (Å²) in [5.74, 6) is -1.83. The van der Waals surface area contributed by atoms with Crippen LogP contribution < -0.4 is 5.73 Å². The van der Waals surface area contributed by atoms with E-state index in [1.54, 1.807) is 12.2 Å². The van der Waals surface area contributed by atoms with Gasteiger partial charge in [-0.3, -0.25) is 9.59 Å². The fourth-order valence-electron chi connectivity index (χ4n) is 2.47. The van der Waals surface area contributed by atoms with E-state index in [2.05, 4.69) is 25.2 Å². The van der Waals surface area contributed by atoms with Gasteiger partial charge in [0.2, 0.25) is 0 Å². The van der Waals surface area contributed by atoms with E-state index in [-0.39, 0.29) is 17.4 Å². The van der Waals surface area contributed by atoms with Crippen molar-refractivity contribution < 1.29 is 24.9 Å². The Hall–Kier alpha value is -1.83. The van der Waals surface area contributed by atoms with Gasteiger partial charge in [-0.05, 0) is 32.1 Å². The van der Waals surface area contributed by atoms with Gasteiger partial charge in [-0.1, -0.05) is 68.4 Å². The molecule has 1 unspecified atom stereocenters. The summed E-state index contributed by atoms with van der Waals surface area (Å²) in [7, 11) is 0. The zero-order chi connectivity index (χ0) is 22.6. The second kappa shape index (κ2) is 19.2. The minimum Gasteiger partial charge on any atom is -0.481 e. The first kappa shape index (κ1) is 28.2. The maximum atomic E-state index is 10.9. The Morgan fingerprint density at radius 3 is 2.40 bits per heavy atom. The fourth-order valence-corrected chi connectivity index (χ4v) is 3.60. The average Bonchev–Trinajstić information content (AvgIpc) is 2.70. The predicted molar refractivity (Wildman–Crippen MR) is 125 cm³/mol. The molecule has 6 nitrogen and oxygen atoms in total. The van der Waals surface area contributed by atoms with Gasteiger partial charge in [0.25, 0.3) is 0 Å². The molecular formula is C23H37NO5S. The van der Waals surface area contributed by atoms with Crippen molar-refractivity contribution in [3.05, 3.63) is 48.6 Å². The normalized spacial score (nSPS) is 15.4. The van der Waals surface area contributed by atoms with Gasteiger partial charge < -0.3 is 21.1 Å². The highest BCUT2D eigenvalue weighted by Gasteiger charge is 2.20. The minimum absolute atomic E-state index is 0.00938. The maximum absolute atomic E-state index is 10.9. The highest BCUT2D eigenvalue weighted by Crippen LogP contribution is 2.21. The Morgan fingerprint density at radius 1 is 1.00 bits per heavy atom. The third-order valence-corrected chi connectivity index (χ3v) is 5.65. The molecule has 0 aromatic heterocycles. The lowest BCUT2D eigenvalue weighted by Gasteiger charge is -2.20. The van der Waals surface area contributed by atoms with E-state index in [9.17, 15) is 14.7 Å². The zero-order valence-corrected chi connectivity index (χ0v) is 18.7. The number of carbonyl (C=O) groups is 2. The lowest BCUT2D eigenvalue weighted by atomic mass is 10.1. The van der Waals surface area contributed by atoms with Crippen molar-refractivity contribution in [2.75, 3.05) is 5.75 Å². The number of hydrogen-bond donors (Lipinski definition) is 4. The third kappa shape index (κ3) is 17.1. The number of aliphatic carboxylic acids is 2. The molecule has 0 aliphatic rings. The molecule has 0 rings (SSSR count). The Morgan fingerprint density at radius 2 is 1.73 bits per heavy atom. The van der Waals surface area contributed by atoms with E-state index in [4.69, 9.17) is 15.9 Å². The van der Waals surface area contributed by atoms with Crippen molar-refractivity contribution in [2.24, 2.45) is 5.73 Å². The van der Waals surface area contributed by atoms with Crippen molar-refractivity contribution in [1.82, 2.24) is 0 Å². The van der Waals surface area contributed by atoms with Crippen molar-refractivity contribution >= 4 is 23.7 Å². The van der Waals surface area contributed by atoms with Crippen LogP contribution in [-0.4, -0.2) is 50.4 Å². The van der Waals surface area contributed by atoms with Crippen molar-refractivity contribution in [2.45, 2.75) is 75.7 Å². The highest BCUT2D eigenvalue weighted by molar-refractivity contribution is 8.00. The quantitative estimate of drug-likeness (QED) is 0.143. The van der Waals surface area contributed by atoms with E-state index in [0.29, 0.717) is 12.8 Å². The first-order valence-electron chi connectivity index (χ1n) is 10.5. The van der Waals surface area contributed by atoms with Crippen LogP contribution in [-0.2, 0) is 9.59 Å². The van der Waals surface area contributed by atoms with Crippen LogP contribution in [0.25, 0.3) is 0 Å². The van der Waals surface area contributed by atoms with Gasteiger partial charge in [0, 0.05) is 17.4 Å². The highest BCUT2D eigenvalue weighted by atomic mass is 32.2. The molecule has 170 valence electrons. The number of aliphatic hydroxyl groups is 1. The molecular weight excluding hydrogens is 402 g/mol. The van der Waals surface area contributed by atoms with E-state index >= 15 is 0 Å². The number of aliphatic hydroxyl groups excluding tert-OH is 1. The van der Waals surface area contributed by atoms with Crippen molar-refractivity contribution in [3.63, 3.8) is 0 Å². The molecule has 0 aromatic rings. The number of thioether (sulfide) groups is 1. The number of hydrogen-bond acceptors (Lipinski definition) is 5. The van der Waals surface area contributed by atoms with Crippen LogP contribution in [0.3, 0.4) is 0 Å². The van der Waals surface area contributed by atoms with Gasteiger partial charge in [0.05, 0.1) is 6.10 Å². The third-order valence-electron chi connectivity index (χ3n) is 4.24. The standard InChI is InChI=1S/C23H37NO5S/c1-2-3-4-5-6-7-8-9-10-11-12-13-16-21(30-18-19(24)23(28)29)20(25)15-14-17-22(26)27/h6-7,9-13,16,19-21,25H,2-5,8,14-15,17-18,24H2,1H3,(H,26,27)(H,28,29)/b7-6-,10-9-,12-11+,16-13+/t19?,20-,21+/m0/s1. The van der Waals surface area contributed by atoms with Gasteiger partial charge in [-0.25, -0.2) is 0 Å². The number of rotatable bonds is 18. The molecule has 5 N–H and O–H groups in total. The molecule has 30 heavy (non-hydrogen) atoms. The summed E-state index contributed by atoms with van der Waals surface area (Å²) < 4.78 is 0. The monoisotopic (exact) mass is 439 g/mol. The second-order valence-corrected chi connectivity index (χ2v) is 8.21. The Labute approximate surface area is 184 Å². The average molecular weight is 440 g/mol. The zero-order valence-electron chi connectivity index (χ0n) is 17.9. The molecule has 0 heterocycles. The predicted octanol–water partition coefficient (Wildman–Crippen LogP) is 4.31. The summed E-state index contributed by atoms with van der Waals surface area (Å²) in [5.41, 5.74) is 5.54. The second-order valence-electron chi connectivity index (χ2n) is 7.00. The van der Waals surface area contributed by atoms with E-state index in [0.717, 1.165) is 12.8 Å². The van der Waals surface area contributed by atoms with Crippen LogP contribution in [0, 0.1) is 0 Å². The van der Waals surface area contributed by atoms with Gasteiger partial charge >= 0.3 is 11.9 Å². The lowest BCUT2D eigenvalue weighted by Crippen LogP contribution is -2.34. The molecule has 0 saturated carbocycles. The number of carboxylic acids is 2. The maximum Gasteiger partial charge on any atom is 0.321 e. The van der Waals surface area contributed by atoms with Crippen LogP contribution in [0.1, 0.15) is 58.3 Å².